The highest BCUT2D eigenvalue weighted by Gasteiger charge is 2.43. The van der Waals surface area contributed by atoms with Gasteiger partial charge in [0.15, 0.2) is 0 Å². The molecule has 0 aromatic heterocycles. The van der Waals surface area contributed by atoms with Crippen molar-refractivity contribution in [1.29, 1.82) is 0 Å². The van der Waals surface area contributed by atoms with Gasteiger partial charge in [0.2, 0.25) is 0 Å². The minimum atomic E-state index is -2.79. The molecule has 0 aliphatic carbocycles. The van der Waals surface area contributed by atoms with Gasteiger partial charge in [-0.1, -0.05) is 0 Å². The zero-order chi connectivity index (χ0) is 11.0. The van der Waals surface area contributed by atoms with Crippen LogP contribution < -0.4 is 5.32 Å². The van der Waals surface area contributed by atoms with Crippen molar-refractivity contribution in [2.24, 2.45) is 0 Å². The van der Waals surface area contributed by atoms with Gasteiger partial charge in [0.25, 0.3) is 5.92 Å². The van der Waals surface area contributed by atoms with Crippen molar-refractivity contribution < 1.29 is 18.3 Å². The summed E-state index contributed by atoms with van der Waals surface area (Å²) >= 11 is 0. The Bertz CT molecular complexity index is 235. The molecule has 1 rings (SSSR count). The fraction of sp³-hybridized carbons (Fsp3) is 0.889. The number of esters is 1. The quantitative estimate of drug-likeness (QED) is 0.659. The number of hydrogen-bond donors (Lipinski definition) is 1. The molecule has 0 radical (unpaired) electrons. The maximum absolute atomic E-state index is 12.7. The van der Waals surface area contributed by atoms with E-state index < -0.39 is 36.5 Å². The van der Waals surface area contributed by atoms with Crippen molar-refractivity contribution in [2.45, 2.75) is 44.8 Å². The van der Waals surface area contributed by atoms with Crippen molar-refractivity contribution in [3.05, 3.63) is 0 Å². The van der Waals surface area contributed by atoms with Crippen LogP contribution in [0, 0.1) is 0 Å². The summed E-state index contributed by atoms with van der Waals surface area (Å²) in [5.74, 6) is -3.39. The van der Waals surface area contributed by atoms with Crippen molar-refractivity contribution >= 4 is 5.97 Å². The molecule has 1 aliphatic heterocycles. The zero-order valence-electron chi connectivity index (χ0n) is 8.56. The molecular weight excluding hydrogens is 192 g/mol. The van der Waals surface area contributed by atoms with Crippen LogP contribution in [-0.2, 0) is 9.53 Å². The third-order valence-corrected chi connectivity index (χ3v) is 1.80. The van der Waals surface area contributed by atoms with Crippen molar-refractivity contribution in [3.8, 4) is 0 Å². The molecule has 0 saturated carbocycles. The van der Waals surface area contributed by atoms with Crippen LogP contribution in [0.4, 0.5) is 8.78 Å². The van der Waals surface area contributed by atoms with Gasteiger partial charge in [-0.05, 0) is 20.8 Å². The SMILES string of the molecule is CC(C)(C)OC(=O)[C@H]1CC(F)(F)CN1. The van der Waals surface area contributed by atoms with Gasteiger partial charge in [-0.3, -0.25) is 10.1 Å². The van der Waals surface area contributed by atoms with Gasteiger partial charge in [-0.2, -0.15) is 0 Å². The largest absolute Gasteiger partial charge is 0.459 e. The number of alkyl halides is 2. The Morgan fingerprint density at radius 3 is 2.43 bits per heavy atom. The number of nitrogens with one attached hydrogen (secondary N) is 1. The van der Waals surface area contributed by atoms with E-state index >= 15 is 0 Å². The number of ether oxygens (including phenoxy) is 1. The molecule has 0 amide bonds. The van der Waals surface area contributed by atoms with E-state index in [2.05, 4.69) is 5.32 Å². The number of hydrogen-bond acceptors (Lipinski definition) is 3. The van der Waals surface area contributed by atoms with E-state index in [1.807, 2.05) is 0 Å². The van der Waals surface area contributed by atoms with Crippen LogP contribution in [0.3, 0.4) is 0 Å². The van der Waals surface area contributed by atoms with Gasteiger partial charge in [0, 0.05) is 6.42 Å². The Hall–Kier alpha value is -0.710. The van der Waals surface area contributed by atoms with E-state index in [1.165, 1.54) is 0 Å². The summed E-state index contributed by atoms with van der Waals surface area (Å²) in [6.45, 7) is 4.67. The molecule has 1 aliphatic rings. The Morgan fingerprint density at radius 2 is 2.07 bits per heavy atom. The normalized spacial score (nSPS) is 26.2. The molecule has 0 bridgehead atoms. The van der Waals surface area contributed by atoms with Crippen molar-refractivity contribution in [3.63, 3.8) is 0 Å². The predicted molar refractivity (Wildman–Crippen MR) is 47.2 cm³/mol. The topological polar surface area (TPSA) is 38.3 Å². The zero-order valence-corrected chi connectivity index (χ0v) is 8.56. The van der Waals surface area contributed by atoms with E-state index in [9.17, 15) is 13.6 Å². The smallest absolute Gasteiger partial charge is 0.323 e. The number of carbonyl (C=O) groups is 1. The Morgan fingerprint density at radius 1 is 1.50 bits per heavy atom. The number of carbonyl (C=O) groups excluding carboxylic acids is 1. The van der Waals surface area contributed by atoms with E-state index in [0.29, 0.717) is 0 Å². The van der Waals surface area contributed by atoms with Crippen LogP contribution in [0.15, 0.2) is 0 Å². The van der Waals surface area contributed by atoms with Gasteiger partial charge in [-0.15, -0.1) is 0 Å². The minimum absolute atomic E-state index is 0.448. The highest BCUT2D eigenvalue weighted by molar-refractivity contribution is 5.76. The third-order valence-electron chi connectivity index (χ3n) is 1.80. The summed E-state index contributed by atoms with van der Waals surface area (Å²) in [4.78, 5) is 11.3. The van der Waals surface area contributed by atoms with Crippen LogP contribution in [0.25, 0.3) is 0 Å². The third kappa shape index (κ3) is 3.21. The molecule has 1 heterocycles. The van der Waals surface area contributed by atoms with Crippen LogP contribution in [0.2, 0.25) is 0 Å². The maximum Gasteiger partial charge on any atom is 0.323 e. The number of rotatable bonds is 1. The lowest BCUT2D eigenvalue weighted by Crippen LogP contribution is -2.37. The minimum Gasteiger partial charge on any atom is -0.459 e. The summed E-state index contributed by atoms with van der Waals surface area (Å²) in [7, 11) is 0. The average molecular weight is 207 g/mol. The fourth-order valence-corrected chi connectivity index (χ4v) is 1.26. The molecule has 82 valence electrons. The second-order valence-electron chi connectivity index (χ2n) is 4.53. The average Bonchev–Trinajstić information content (AvgIpc) is 2.26. The van der Waals surface area contributed by atoms with Crippen LogP contribution in [0.5, 0.6) is 0 Å². The van der Waals surface area contributed by atoms with E-state index in [-0.39, 0.29) is 0 Å². The Balaban J connectivity index is 2.48. The summed E-state index contributed by atoms with van der Waals surface area (Å²) < 4.78 is 30.4. The van der Waals surface area contributed by atoms with Gasteiger partial charge in [0.1, 0.15) is 11.6 Å². The second-order valence-corrected chi connectivity index (χ2v) is 4.53. The molecule has 1 saturated heterocycles. The molecule has 0 unspecified atom stereocenters. The Labute approximate surface area is 81.8 Å². The van der Waals surface area contributed by atoms with Crippen LogP contribution in [-0.4, -0.2) is 30.1 Å². The first-order chi connectivity index (χ1) is 6.20. The van der Waals surface area contributed by atoms with Crippen molar-refractivity contribution in [1.82, 2.24) is 5.32 Å². The van der Waals surface area contributed by atoms with Gasteiger partial charge in [-0.25, -0.2) is 8.78 Å². The van der Waals surface area contributed by atoms with Gasteiger partial charge in [0.05, 0.1) is 6.54 Å². The lowest BCUT2D eigenvalue weighted by atomic mass is 10.1. The summed E-state index contributed by atoms with van der Waals surface area (Å²) in [5, 5.41) is 2.44. The van der Waals surface area contributed by atoms with Gasteiger partial charge >= 0.3 is 5.97 Å². The highest BCUT2D eigenvalue weighted by atomic mass is 19.3. The first-order valence-electron chi connectivity index (χ1n) is 4.54. The second kappa shape index (κ2) is 3.46. The van der Waals surface area contributed by atoms with Gasteiger partial charge < -0.3 is 4.74 Å². The molecule has 5 heteroatoms. The lowest BCUT2D eigenvalue weighted by molar-refractivity contribution is -0.157. The van der Waals surface area contributed by atoms with E-state index in [0.717, 1.165) is 0 Å². The molecule has 0 aromatic rings. The van der Waals surface area contributed by atoms with Crippen LogP contribution in [0.1, 0.15) is 27.2 Å². The van der Waals surface area contributed by atoms with E-state index in [4.69, 9.17) is 4.74 Å². The lowest BCUT2D eigenvalue weighted by Gasteiger charge is -2.21. The summed E-state index contributed by atoms with van der Waals surface area (Å²) in [6.07, 6.45) is -0.470. The predicted octanol–water partition coefficient (Wildman–Crippen LogP) is 1.33. The van der Waals surface area contributed by atoms with Crippen molar-refractivity contribution in [2.75, 3.05) is 6.54 Å². The van der Waals surface area contributed by atoms with Crippen LogP contribution >= 0.6 is 0 Å². The molecule has 14 heavy (non-hydrogen) atoms. The summed E-state index contributed by atoms with van der Waals surface area (Å²) in [5.41, 5.74) is -0.628. The molecule has 3 nitrogen and oxygen atoms in total. The highest BCUT2D eigenvalue weighted by Crippen LogP contribution is 2.26. The molecule has 0 spiro atoms. The molecule has 0 aromatic carbocycles. The first-order valence-corrected chi connectivity index (χ1v) is 4.54. The molecular formula is C9H15F2NO2. The number of halogens is 2. The monoisotopic (exact) mass is 207 g/mol. The van der Waals surface area contributed by atoms with E-state index in [1.54, 1.807) is 20.8 Å². The fourth-order valence-electron chi connectivity index (χ4n) is 1.26. The first kappa shape index (κ1) is 11.4. The molecule has 1 N–H and O–H groups in total. The summed E-state index contributed by atoms with van der Waals surface area (Å²) in [6, 6.07) is -0.871. The standard InChI is InChI=1S/C9H15F2NO2/c1-8(2,3)14-7(13)6-4-9(10,11)5-12-6/h6,12H,4-5H2,1-3H3/t6-/m1/s1. The molecule has 1 atom stereocenters. The molecule has 1 fully saturated rings. The Kier molecular flexibility index (Phi) is 2.81. The maximum atomic E-state index is 12.7.